The van der Waals surface area contributed by atoms with E-state index >= 15 is 0 Å². The highest BCUT2D eigenvalue weighted by atomic mass is 16.5. The van der Waals surface area contributed by atoms with Crippen molar-refractivity contribution in [1.82, 2.24) is 4.98 Å². The first kappa shape index (κ1) is 9.72. The Labute approximate surface area is 97.3 Å². The van der Waals surface area contributed by atoms with E-state index in [1.54, 1.807) is 6.07 Å². The van der Waals surface area contributed by atoms with Crippen LogP contribution in [0.15, 0.2) is 46.9 Å². The van der Waals surface area contributed by atoms with E-state index in [2.05, 4.69) is 4.98 Å². The molecule has 0 radical (unpaired) electrons. The van der Waals surface area contributed by atoms with Crippen molar-refractivity contribution in [2.24, 2.45) is 0 Å². The van der Waals surface area contributed by atoms with Gasteiger partial charge in [-0.05, 0) is 17.7 Å². The number of rotatable bonds is 1. The first-order chi connectivity index (χ1) is 8.25. The van der Waals surface area contributed by atoms with Gasteiger partial charge in [-0.3, -0.25) is 0 Å². The maximum atomic E-state index is 9.21. The molecule has 4 heteroatoms. The Balaban J connectivity index is 2.28. The minimum Gasteiger partial charge on any atom is -0.466 e. The zero-order chi connectivity index (χ0) is 11.8. The molecule has 0 saturated carbocycles. The maximum Gasteiger partial charge on any atom is 0.392 e. The summed E-state index contributed by atoms with van der Waals surface area (Å²) in [5, 5.41) is 9.21. The number of benzene rings is 2. The van der Waals surface area contributed by atoms with Gasteiger partial charge in [0, 0.05) is 5.56 Å². The van der Waals surface area contributed by atoms with Crippen molar-refractivity contribution in [1.29, 1.82) is 0 Å². The number of anilines is 1. The average molecular weight is 226 g/mol. The van der Waals surface area contributed by atoms with Crippen LogP contribution in [-0.4, -0.2) is 10.1 Å². The lowest BCUT2D eigenvalue weighted by Gasteiger charge is -2.05. The summed E-state index contributed by atoms with van der Waals surface area (Å²) in [6.07, 6.45) is -0.364. The molecule has 0 spiro atoms. The van der Waals surface area contributed by atoms with E-state index in [1.165, 1.54) is 0 Å². The van der Waals surface area contributed by atoms with Crippen LogP contribution in [0.4, 0.5) is 5.69 Å². The van der Waals surface area contributed by atoms with E-state index in [-0.39, 0.29) is 6.08 Å². The monoisotopic (exact) mass is 226 g/mol. The van der Waals surface area contributed by atoms with E-state index in [9.17, 15) is 5.11 Å². The summed E-state index contributed by atoms with van der Waals surface area (Å²) >= 11 is 0. The van der Waals surface area contributed by atoms with Gasteiger partial charge in [0.25, 0.3) is 0 Å². The van der Waals surface area contributed by atoms with E-state index < -0.39 is 0 Å². The third-order valence-electron chi connectivity index (χ3n) is 2.67. The van der Waals surface area contributed by atoms with Crippen LogP contribution in [0, 0.1) is 0 Å². The summed E-state index contributed by atoms with van der Waals surface area (Å²) < 4.78 is 5.00. The third kappa shape index (κ3) is 1.50. The number of fused-ring (bicyclic) bond motifs is 1. The lowest BCUT2D eigenvalue weighted by atomic mass is 10.0. The molecule has 0 aliphatic carbocycles. The van der Waals surface area contributed by atoms with Gasteiger partial charge in [0.15, 0.2) is 5.58 Å². The fourth-order valence-electron chi connectivity index (χ4n) is 1.87. The number of nitrogen functional groups attached to an aromatic ring is 1. The van der Waals surface area contributed by atoms with Gasteiger partial charge in [0.05, 0.1) is 5.69 Å². The molecule has 1 aromatic heterocycles. The molecule has 0 atom stereocenters. The summed E-state index contributed by atoms with van der Waals surface area (Å²) in [7, 11) is 0. The highest BCUT2D eigenvalue weighted by Crippen LogP contribution is 2.33. The standard InChI is InChI=1S/C13H10N2O2/c14-11-9(8-4-2-1-3-5-8)6-7-10-12(11)15-13(16)17-10/h1-7H,14H2,(H,15,16). The van der Waals surface area contributed by atoms with Gasteiger partial charge in [-0.1, -0.05) is 30.3 Å². The fraction of sp³-hybridized carbons (Fsp3) is 0. The van der Waals surface area contributed by atoms with Gasteiger partial charge in [0.1, 0.15) is 5.52 Å². The molecule has 0 bridgehead atoms. The summed E-state index contributed by atoms with van der Waals surface area (Å²) in [6.45, 7) is 0. The van der Waals surface area contributed by atoms with Crippen molar-refractivity contribution in [3.8, 4) is 17.2 Å². The van der Waals surface area contributed by atoms with Crippen LogP contribution < -0.4 is 5.73 Å². The zero-order valence-corrected chi connectivity index (χ0v) is 8.92. The van der Waals surface area contributed by atoms with Gasteiger partial charge in [-0.15, -0.1) is 0 Å². The SMILES string of the molecule is Nc1c(-c2ccccc2)ccc2oc(O)nc12. The summed E-state index contributed by atoms with van der Waals surface area (Å²) in [4.78, 5) is 3.86. The normalized spacial score (nSPS) is 10.8. The van der Waals surface area contributed by atoms with Crippen LogP contribution in [0.2, 0.25) is 0 Å². The third-order valence-corrected chi connectivity index (χ3v) is 2.67. The first-order valence-electron chi connectivity index (χ1n) is 5.19. The van der Waals surface area contributed by atoms with Crippen molar-refractivity contribution in [3.05, 3.63) is 42.5 Å². The van der Waals surface area contributed by atoms with Gasteiger partial charge in [0.2, 0.25) is 0 Å². The number of nitrogens with two attached hydrogens (primary N) is 1. The fourth-order valence-corrected chi connectivity index (χ4v) is 1.87. The molecule has 3 rings (SSSR count). The number of aromatic hydroxyl groups is 1. The highest BCUT2D eigenvalue weighted by molar-refractivity contribution is 5.95. The molecule has 0 unspecified atom stereocenters. The second-order valence-electron chi connectivity index (χ2n) is 3.74. The Morgan fingerprint density at radius 1 is 1.06 bits per heavy atom. The van der Waals surface area contributed by atoms with Crippen LogP contribution in [-0.2, 0) is 0 Å². The van der Waals surface area contributed by atoms with Crippen molar-refractivity contribution in [3.63, 3.8) is 0 Å². The Morgan fingerprint density at radius 2 is 1.82 bits per heavy atom. The average Bonchev–Trinajstić information content (AvgIpc) is 2.72. The predicted octanol–water partition coefficient (Wildman–Crippen LogP) is 2.78. The Bertz CT molecular complexity index is 674. The van der Waals surface area contributed by atoms with Crippen LogP contribution >= 0.6 is 0 Å². The second kappa shape index (κ2) is 3.52. The largest absolute Gasteiger partial charge is 0.466 e. The molecule has 0 aliphatic rings. The zero-order valence-electron chi connectivity index (χ0n) is 8.92. The predicted molar refractivity (Wildman–Crippen MR) is 65.5 cm³/mol. The van der Waals surface area contributed by atoms with Crippen molar-refractivity contribution < 1.29 is 9.52 Å². The lowest BCUT2D eigenvalue weighted by molar-refractivity contribution is 0.328. The Morgan fingerprint density at radius 3 is 2.59 bits per heavy atom. The molecule has 3 N–H and O–H groups in total. The van der Waals surface area contributed by atoms with Gasteiger partial charge in [-0.25, -0.2) is 0 Å². The molecule has 1 heterocycles. The van der Waals surface area contributed by atoms with Gasteiger partial charge >= 0.3 is 6.08 Å². The minimum atomic E-state index is -0.364. The van der Waals surface area contributed by atoms with Crippen LogP contribution in [0.5, 0.6) is 6.08 Å². The number of hydrogen-bond donors (Lipinski definition) is 2. The van der Waals surface area contributed by atoms with Crippen LogP contribution in [0.3, 0.4) is 0 Å². The van der Waals surface area contributed by atoms with Crippen LogP contribution in [0.25, 0.3) is 22.2 Å². The van der Waals surface area contributed by atoms with Gasteiger partial charge < -0.3 is 15.3 Å². The van der Waals surface area contributed by atoms with Gasteiger partial charge in [-0.2, -0.15) is 4.98 Å². The summed E-state index contributed by atoms with van der Waals surface area (Å²) in [6, 6.07) is 13.4. The molecule has 17 heavy (non-hydrogen) atoms. The molecule has 2 aromatic carbocycles. The number of nitrogens with zero attached hydrogens (tertiary/aromatic N) is 1. The van der Waals surface area contributed by atoms with Crippen molar-refractivity contribution in [2.45, 2.75) is 0 Å². The highest BCUT2D eigenvalue weighted by Gasteiger charge is 2.11. The van der Waals surface area contributed by atoms with E-state index in [0.717, 1.165) is 11.1 Å². The van der Waals surface area contributed by atoms with E-state index in [0.29, 0.717) is 16.8 Å². The Hall–Kier alpha value is -2.49. The van der Waals surface area contributed by atoms with E-state index in [1.807, 2.05) is 36.4 Å². The molecule has 0 saturated heterocycles. The lowest BCUT2D eigenvalue weighted by Crippen LogP contribution is -1.91. The number of hydrogen-bond acceptors (Lipinski definition) is 4. The molecular weight excluding hydrogens is 216 g/mol. The molecule has 0 fully saturated rings. The molecule has 4 nitrogen and oxygen atoms in total. The molecule has 84 valence electrons. The smallest absolute Gasteiger partial charge is 0.392 e. The summed E-state index contributed by atoms with van der Waals surface area (Å²) in [5.41, 5.74) is 9.41. The van der Waals surface area contributed by atoms with Crippen molar-refractivity contribution in [2.75, 3.05) is 5.73 Å². The van der Waals surface area contributed by atoms with Crippen LogP contribution in [0.1, 0.15) is 0 Å². The van der Waals surface area contributed by atoms with Crippen molar-refractivity contribution >= 4 is 16.8 Å². The summed E-state index contributed by atoms with van der Waals surface area (Å²) in [5.74, 6) is 0. The quantitative estimate of drug-likeness (QED) is 0.626. The maximum absolute atomic E-state index is 9.21. The molecular formula is C13H10N2O2. The first-order valence-corrected chi connectivity index (χ1v) is 5.19. The molecule has 0 aliphatic heterocycles. The topological polar surface area (TPSA) is 72.3 Å². The molecule has 0 amide bonds. The number of oxazole rings is 1. The minimum absolute atomic E-state index is 0.364. The molecule has 3 aromatic rings. The van der Waals surface area contributed by atoms with E-state index in [4.69, 9.17) is 10.2 Å². The Kier molecular flexibility index (Phi) is 2.01. The second-order valence-corrected chi connectivity index (χ2v) is 3.74. The number of aromatic nitrogens is 1.